The monoisotopic (exact) mass is 283 g/mol. The van der Waals surface area contributed by atoms with Gasteiger partial charge in [0.15, 0.2) is 6.10 Å². The van der Waals surface area contributed by atoms with Crippen LogP contribution >= 0.6 is 15.9 Å². The third-order valence-electron chi connectivity index (χ3n) is 2.06. The van der Waals surface area contributed by atoms with Gasteiger partial charge in [-0.15, -0.1) is 0 Å². The van der Waals surface area contributed by atoms with E-state index in [-0.39, 0.29) is 6.42 Å². The van der Waals surface area contributed by atoms with Gasteiger partial charge in [0.05, 0.1) is 18.7 Å². The number of carbonyl (C=O) groups excluding carboxylic acids is 1. The Balaban J connectivity index is 2.88. The molecule has 5 heteroatoms. The molecule has 0 aromatic heterocycles. The third kappa shape index (κ3) is 3.05. The molecule has 1 unspecified atom stereocenters. The maximum Gasteiger partial charge on any atom is 0.335 e. The average molecular weight is 284 g/mol. The van der Waals surface area contributed by atoms with E-state index in [0.29, 0.717) is 11.1 Å². The van der Waals surface area contributed by atoms with Gasteiger partial charge in [0, 0.05) is 10.9 Å². The zero-order valence-electron chi connectivity index (χ0n) is 8.61. The number of aliphatic hydroxyl groups excluding tert-OH is 1. The predicted octanol–water partition coefficient (Wildman–Crippen LogP) is 1.40. The highest BCUT2D eigenvalue weighted by atomic mass is 79.9. The Morgan fingerprint density at radius 2 is 2.38 bits per heavy atom. The van der Waals surface area contributed by atoms with E-state index in [2.05, 4.69) is 20.7 Å². The lowest BCUT2D eigenvalue weighted by Gasteiger charge is -2.09. The van der Waals surface area contributed by atoms with Crippen LogP contribution in [0.15, 0.2) is 22.7 Å². The highest BCUT2D eigenvalue weighted by Gasteiger charge is 2.17. The Labute approximate surface area is 102 Å². The Hall–Kier alpha value is -1.38. The summed E-state index contributed by atoms with van der Waals surface area (Å²) in [4.78, 5) is 11.0. The number of aliphatic hydroxyl groups is 1. The van der Waals surface area contributed by atoms with Crippen molar-refractivity contribution in [1.29, 1.82) is 5.26 Å². The predicted molar refractivity (Wildman–Crippen MR) is 60.6 cm³/mol. The van der Waals surface area contributed by atoms with Gasteiger partial charge < -0.3 is 9.84 Å². The Kier molecular flexibility index (Phi) is 4.47. The van der Waals surface area contributed by atoms with Crippen LogP contribution in [0.3, 0.4) is 0 Å². The fourth-order valence-electron chi connectivity index (χ4n) is 1.23. The van der Waals surface area contributed by atoms with Gasteiger partial charge in [0.25, 0.3) is 0 Å². The first-order valence-corrected chi connectivity index (χ1v) is 5.32. The number of nitrogens with zero attached hydrogens (tertiary/aromatic N) is 1. The average Bonchev–Trinajstić information content (AvgIpc) is 2.30. The second kappa shape index (κ2) is 5.64. The number of hydrogen-bond donors (Lipinski definition) is 1. The summed E-state index contributed by atoms with van der Waals surface area (Å²) in [5, 5.41) is 18.2. The number of methoxy groups -OCH3 is 1. The maximum absolute atomic E-state index is 11.0. The van der Waals surface area contributed by atoms with Crippen LogP contribution < -0.4 is 0 Å². The summed E-state index contributed by atoms with van der Waals surface area (Å²) < 4.78 is 5.16. The van der Waals surface area contributed by atoms with Crippen molar-refractivity contribution in [2.45, 2.75) is 12.5 Å². The quantitative estimate of drug-likeness (QED) is 0.852. The topological polar surface area (TPSA) is 70.3 Å². The van der Waals surface area contributed by atoms with Crippen molar-refractivity contribution in [1.82, 2.24) is 0 Å². The lowest BCUT2D eigenvalue weighted by Crippen LogP contribution is -2.24. The molecule has 0 heterocycles. The van der Waals surface area contributed by atoms with Gasteiger partial charge in [-0.25, -0.2) is 4.79 Å². The second-order valence-corrected chi connectivity index (χ2v) is 4.02. The number of halogens is 1. The number of nitriles is 1. The molecule has 1 atom stereocenters. The van der Waals surface area contributed by atoms with Crippen molar-refractivity contribution in [2.24, 2.45) is 0 Å². The van der Waals surface area contributed by atoms with Crippen molar-refractivity contribution in [3.05, 3.63) is 33.8 Å². The molecule has 0 aliphatic heterocycles. The molecular weight excluding hydrogens is 274 g/mol. The zero-order valence-corrected chi connectivity index (χ0v) is 10.2. The number of benzene rings is 1. The first-order chi connectivity index (χ1) is 7.58. The highest BCUT2D eigenvalue weighted by Crippen LogP contribution is 2.20. The van der Waals surface area contributed by atoms with Crippen LogP contribution in [0, 0.1) is 11.3 Å². The minimum atomic E-state index is -1.21. The smallest absolute Gasteiger partial charge is 0.335 e. The zero-order chi connectivity index (χ0) is 12.1. The van der Waals surface area contributed by atoms with Gasteiger partial charge in [-0.05, 0) is 23.8 Å². The Morgan fingerprint density at radius 1 is 1.69 bits per heavy atom. The molecule has 0 spiro atoms. The first-order valence-electron chi connectivity index (χ1n) is 4.53. The van der Waals surface area contributed by atoms with Crippen molar-refractivity contribution >= 4 is 21.9 Å². The van der Waals surface area contributed by atoms with E-state index in [0.717, 1.165) is 4.47 Å². The lowest BCUT2D eigenvalue weighted by molar-refractivity contribution is -0.150. The standard InChI is InChI=1S/C11H10BrNO3/c1-16-11(15)10(14)5-8-4-7(6-13)2-3-9(8)12/h2-4,10,14H,5H2,1H3. The molecule has 0 saturated heterocycles. The SMILES string of the molecule is COC(=O)C(O)Cc1cc(C#N)ccc1Br. The number of carbonyl (C=O) groups is 1. The van der Waals surface area contributed by atoms with Gasteiger partial charge in [0.2, 0.25) is 0 Å². The fourth-order valence-corrected chi connectivity index (χ4v) is 1.64. The summed E-state index contributed by atoms with van der Waals surface area (Å²) in [7, 11) is 1.21. The van der Waals surface area contributed by atoms with E-state index in [1.807, 2.05) is 6.07 Å². The molecule has 16 heavy (non-hydrogen) atoms. The molecule has 0 radical (unpaired) electrons. The number of rotatable bonds is 3. The Bertz CT molecular complexity index is 439. The van der Waals surface area contributed by atoms with Crippen molar-refractivity contribution in [3.8, 4) is 6.07 Å². The second-order valence-electron chi connectivity index (χ2n) is 3.16. The molecule has 84 valence electrons. The van der Waals surface area contributed by atoms with Crippen molar-refractivity contribution in [2.75, 3.05) is 7.11 Å². The first kappa shape index (κ1) is 12.7. The van der Waals surface area contributed by atoms with E-state index < -0.39 is 12.1 Å². The van der Waals surface area contributed by atoms with Crippen molar-refractivity contribution < 1.29 is 14.6 Å². The van der Waals surface area contributed by atoms with E-state index in [9.17, 15) is 9.90 Å². The molecule has 1 N–H and O–H groups in total. The van der Waals surface area contributed by atoms with E-state index in [1.165, 1.54) is 7.11 Å². The van der Waals surface area contributed by atoms with Crippen LogP contribution in [0.5, 0.6) is 0 Å². The maximum atomic E-state index is 11.0. The minimum Gasteiger partial charge on any atom is -0.467 e. The van der Waals surface area contributed by atoms with E-state index in [4.69, 9.17) is 5.26 Å². The van der Waals surface area contributed by atoms with E-state index in [1.54, 1.807) is 18.2 Å². The molecule has 1 aromatic rings. The van der Waals surface area contributed by atoms with Gasteiger partial charge in [-0.1, -0.05) is 15.9 Å². The summed E-state index contributed by atoms with van der Waals surface area (Å²) in [6.45, 7) is 0. The molecule has 0 amide bonds. The van der Waals surface area contributed by atoms with Gasteiger partial charge in [0.1, 0.15) is 0 Å². The number of esters is 1. The summed E-state index contributed by atoms with van der Waals surface area (Å²) >= 11 is 3.29. The molecule has 0 aliphatic carbocycles. The normalized spacial score (nSPS) is 11.6. The lowest BCUT2D eigenvalue weighted by atomic mass is 10.1. The van der Waals surface area contributed by atoms with Crippen LogP contribution in [0.2, 0.25) is 0 Å². The van der Waals surface area contributed by atoms with Crippen molar-refractivity contribution in [3.63, 3.8) is 0 Å². The van der Waals surface area contributed by atoms with Gasteiger partial charge in [-0.2, -0.15) is 5.26 Å². The van der Waals surface area contributed by atoms with Crippen LogP contribution in [0.4, 0.5) is 0 Å². The highest BCUT2D eigenvalue weighted by molar-refractivity contribution is 9.10. The third-order valence-corrected chi connectivity index (χ3v) is 2.83. The van der Waals surface area contributed by atoms with Gasteiger partial charge in [-0.3, -0.25) is 0 Å². The summed E-state index contributed by atoms with van der Waals surface area (Å²) in [5.74, 6) is -0.686. The number of ether oxygens (including phenoxy) is 1. The molecule has 0 bridgehead atoms. The summed E-state index contributed by atoms with van der Waals surface area (Å²) in [6, 6.07) is 6.97. The number of hydrogen-bond acceptors (Lipinski definition) is 4. The van der Waals surface area contributed by atoms with Crippen LogP contribution in [0.25, 0.3) is 0 Å². The molecule has 0 aliphatic rings. The largest absolute Gasteiger partial charge is 0.467 e. The molecule has 4 nitrogen and oxygen atoms in total. The molecule has 1 rings (SSSR count). The fraction of sp³-hybridized carbons (Fsp3) is 0.273. The molecule has 0 fully saturated rings. The molecule has 0 saturated carbocycles. The minimum absolute atomic E-state index is 0.114. The van der Waals surface area contributed by atoms with Gasteiger partial charge >= 0.3 is 5.97 Å². The van der Waals surface area contributed by atoms with E-state index >= 15 is 0 Å². The van der Waals surface area contributed by atoms with Crippen LogP contribution in [-0.4, -0.2) is 24.3 Å². The summed E-state index contributed by atoms with van der Waals surface area (Å²) in [6.07, 6.45) is -1.10. The van der Waals surface area contributed by atoms with Crippen LogP contribution in [-0.2, 0) is 16.0 Å². The molecular formula is C11H10BrNO3. The summed E-state index contributed by atoms with van der Waals surface area (Å²) in [5.41, 5.74) is 1.17. The van der Waals surface area contributed by atoms with Crippen LogP contribution in [0.1, 0.15) is 11.1 Å². The Morgan fingerprint density at radius 3 is 2.94 bits per heavy atom. The molecule has 1 aromatic carbocycles.